The lowest BCUT2D eigenvalue weighted by molar-refractivity contribution is -0.275. The Hall–Kier alpha value is -3.72. The first-order valence-electron chi connectivity index (χ1n) is 12.3. The van der Waals surface area contributed by atoms with Crippen LogP contribution in [0.4, 0.5) is 23.4 Å². The molecule has 3 atom stereocenters. The second-order valence-corrected chi connectivity index (χ2v) is 9.34. The first-order valence-corrected chi connectivity index (χ1v) is 12.3. The first kappa shape index (κ1) is 27.3. The van der Waals surface area contributed by atoms with Crippen LogP contribution in [0, 0.1) is 17.1 Å². The van der Waals surface area contributed by atoms with Crippen molar-refractivity contribution in [1.82, 2.24) is 19.4 Å². The molecule has 38 heavy (non-hydrogen) atoms. The molecule has 0 radical (unpaired) electrons. The van der Waals surface area contributed by atoms with Crippen molar-refractivity contribution in [3.8, 4) is 11.8 Å². The van der Waals surface area contributed by atoms with Crippen LogP contribution < -0.4 is 15.3 Å². The van der Waals surface area contributed by atoms with Gasteiger partial charge in [0.15, 0.2) is 17.4 Å². The highest BCUT2D eigenvalue weighted by Crippen LogP contribution is 2.35. The van der Waals surface area contributed by atoms with Crippen LogP contribution in [-0.2, 0) is 7.05 Å². The number of halogens is 4. The molecule has 0 spiro atoms. The third-order valence-electron chi connectivity index (χ3n) is 7.16. The second-order valence-electron chi connectivity index (χ2n) is 9.34. The Labute approximate surface area is 217 Å². The number of nitrogens with zero attached hydrogens (tertiary/aromatic N) is 6. The molecule has 8 nitrogen and oxygen atoms in total. The zero-order valence-electron chi connectivity index (χ0n) is 21.5. The average molecular weight is 533 g/mol. The van der Waals surface area contributed by atoms with Gasteiger partial charge in [-0.05, 0) is 49.6 Å². The molecule has 3 aromatic rings. The van der Waals surface area contributed by atoms with Crippen LogP contribution >= 0.6 is 0 Å². The van der Waals surface area contributed by atoms with Crippen molar-refractivity contribution >= 4 is 16.9 Å². The van der Waals surface area contributed by atoms with Crippen molar-refractivity contribution < 1.29 is 22.3 Å². The summed E-state index contributed by atoms with van der Waals surface area (Å²) in [4.78, 5) is 25.7. The maximum absolute atomic E-state index is 14.5. The molecule has 0 amide bonds. The van der Waals surface area contributed by atoms with Gasteiger partial charge < -0.3 is 9.64 Å². The summed E-state index contributed by atoms with van der Waals surface area (Å²) >= 11 is 0. The Morgan fingerprint density at radius 2 is 1.84 bits per heavy atom. The van der Waals surface area contributed by atoms with E-state index in [2.05, 4.69) is 24.5 Å². The summed E-state index contributed by atoms with van der Waals surface area (Å²) in [5, 5.41) is 9.38. The fourth-order valence-corrected chi connectivity index (χ4v) is 5.07. The Balaban J connectivity index is 1.69. The summed E-state index contributed by atoms with van der Waals surface area (Å²) in [6.45, 7) is 6.93. The molecule has 1 aromatic carbocycles. The van der Waals surface area contributed by atoms with Crippen LogP contribution in [0.3, 0.4) is 0 Å². The molecule has 12 heteroatoms. The van der Waals surface area contributed by atoms with E-state index in [-0.39, 0.29) is 23.8 Å². The minimum absolute atomic E-state index is 0.0398. The van der Waals surface area contributed by atoms with Crippen molar-refractivity contribution in [2.75, 3.05) is 18.0 Å². The van der Waals surface area contributed by atoms with Gasteiger partial charge in [-0.25, -0.2) is 14.2 Å². The van der Waals surface area contributed by atoms with Crippen molar-refractivity contribution in [3.63, 3.8) is 0 Å². The van der Waals surface area contributed by atoms with E-state index in [0.29, 0.717) is 48.3 Å². The van der Waals surface area contributed by atoms with Gasteiger partial charge in [0, 0.05) is 38.3 Å². The highest BCUT2D eigenvalue weighted by atomic mass is 19.4. The van der Waals surface area contributed by atoms with E-state index < -0.39 is 23.6 Å². The predicted octanol–water partition coefficient (Wildman–Crippen LogP) is 4.68. The maximum atomic E-state index is 14.5. The Kier molecular flexibility index (Phi) is 7.60. The number of aromatic nitrogens is 3. The maximum Gasteiger partial charge on any atom is 0.573 e. The predicted molar refractivity (Wildman–Crippen MR) is 133 cm³/mol. The van der Waals surface area contributed by atoms with Crippen molar-refractivity contribution in [2.24, 2.45) is 7.05 Å². The molecule has 1 saturated heterocycles. The van der Waals surface area contributed by atoms with Gasteiger partial charge in [0.1, 0.15) is 17.3 Å². The third kappa shape index (κ3) is 5.29. The fraction of sp³-hybridized carbons (Fsp3) is 0.462. The summed E-state index contributed by atoms with van der Waals surface area (Å²) in [5.74, 6) is -1.54. The molecule has 0 saturated carbocycles. The minimum Gasteiger partial charge on any atom is -0.403 e. The van der Waals surface area contributed by atoms with Gasteiger partial charge in [0.05, 0.1) is 5.52 Å². The van der Waals surface area contributed by atoms with Crippen molar-refractivity contribution in [2.45, 2.75) is 58.1 Å². The van der Waals surface area contributed by atoms with Gasteiger partial charge in [-0.3, -0.25) is 9.47 Å². The van der Waals surface area contributed by atoms with Crippen LogP contribution in [0.2, 0.25) is 0 Å². The Bertz CT molecular complexity index is 1430. The van der Waals surface area contributed by atoms with E-state index >= 15 is 0 Å². The molecule has 4 rings (SSSR count). The number of fused-ring (bicyclic) bond motifs is 1. The molecule has 2 unspecified atom stereocenters. The number of benzene rings is 1. The SMILES string of the molecule is CCC1CN(c2nc(=O)n(C)c3ccc(C#N)nc23)[C@@H](CC)CN1C(C)c1ccc(OC(F)(F)F)c(F)c1. The highest BCUT2D eigenvalue weighted by Gasteiger charge is 2.37. The number of hydrogen-bond donors (Lipinski definition) is 0. The van der Waals surface area contributed by atoms with Gasteiger partial charge in [0.25, 0.3) is 0 Å². The number of alkyl halides is 3. The van der Waals surface area contributed by atoms with Crippen LogP contribution in [-0.4, -0.2) is 51.0 Å². The lowest BCUT2D eigenvalue weighted by Crippen LogP contribution is -2.59. The fourth-order valence-electron chi connectivity index (χ4n) is 5.07. The Morgan fingerprint density at radius 1 is 1.13 bits per heavy atom. The van der Waals surface area contributed by atoms with Gasteiger partial charge in [0.2, 0.25) is 0 Å². The second kappa shape index (κ2) is 10.6. The van der Waals surface area contributed by atoms with Gasteiger partial charge in [-0.15, -0.1) is 13.2 Å². The molecule has 0 bridgehead atoms. The minimum atomic E-state index is -4.98. The number of aryl methyl sites for hydroxylation is 1. The topological polar surface area (TPSA) is 87.3 Å². The van der Waals surface area contributed by atoms with Crippen LogP contribution in [0.25, 0.3) is 11.0 Å². The standard InChI is InChI=1S/C26H28F4N6O2/c1-5-18-14-36(24-23-21(34(4)25(37)33-24)9-8-17(12-31)32-23)19(6-2)13-35(18)15(3)16-7-10-22(20(27)11-16)38-26(28,29)30/h7-11,15,18-19H,5-6,13-14H2,1-4H3/t15?,18?,19-/m0/s1. The smallest absolute Gasteiger partial charge is 0.403 e. The zero-order chi connectivity index (χ0) is 27.8. The van der Waals surface area contributed by atoms with Crippen LogP contribution in [0.1, 0.15) is 50.9 Å². The number of hydrogen-bond acceptors (Lipinski definition) is 7. The summed E-state index contributed by atoms with van der Waals surface area (Å²) in [6, 6.07) is 8.36. The molecule has 3 heterocycles. The number of anilines is 1. The van der Waals surface area contributed by atoms with Crippen molar-refractivity contribution in [3.05, 3.63) is 57.9 Å². The van der Waals surface area contributed by atoms with Crippen molar-refractivity contribution in [1.29, 1.82) is 5.26 Å². The number of ether oxygens (including phenoxy) is 1. The van der Waals surface area contributed by atoms with Gasteiger partial charge in [-0.2, -0.15) is 10.2 Å². The Morgan fingerprint density at radius 3 is 2.45 bits per heavy atom. The molecule has 0 aliphatic carbocycles. The number of pyridine rings is 1. The van der Waals surface area contributed by atoms with E-state index in [1.54, 1.807) is 19.2 Å². The molecule has 1 fully saturated rings. The van der Waals surface area contributed by atoms with E-state index in [1.807, 2.05) is 26.8 Å². The molecule has 202 valence electrons. The quantitative estimate of drug-likeness (QED) is 0.426. The summed E-state index contributed by atoms with van der Waals surface area (Å²) < 4.78 is 57.3. The van der Waals surface area contributed by atoms with Crippen LogP contribution in [0.15, 0.2) is 35.1 Å². The molecule has 1 aliphatic heterocycles. The summed E-state index contributed by atoms with van der Waals surface area (Å²) in [7, 11) is 1.60. The first-order chi connectivity index (χ1) is 18.0. The van der Waals surface area contributed by atoms with Crippen LogP contribution in [0.5, 0.6) is 5.75 Å². The molecule has 1 aliphatic rings. The molecular formula is C26H28F4N6O2. The summed E-state index contributed by atoms with van der Waals surface area (Å²) in [5.41, 5.74) is 1.33. The number of piperazine rings is 1. The van der Waals surface area contributed by atoms with E-state index in [4.69, 9.17) is 0 Å². The largest absolute Gasteiger partial charge is 0.573 e. The van der Waals surface area contributed by atoms with Gasteiger partial charge in [-0.1, -0.05) is 19.9 Å². The lowest BCUT2D eigenvalue weighted by Gasteiger charge is -2.49. The molecule has 2 aromatic heterocycles. The van der Waals surface area contributed by atoms with E-state index in [1.165, 1.54) is 10.6 Å². The number of nitriles is 1. The summed E-state index contributed by atoms with van der Waals surface area (Å²) in [6.07, 6.45) is -3.57. The normalized spacial score (nSPS) is 19.4. The lowest BCUT2D eigenvalue weighted by atomic mass is 9.97. The van der Waals surface area contributed by atoms with E-state index in [9.17, 15) is 27.6 Å². The average Bonchev–Trinajstić information content (AvgIpc) is 2.89. The molecule has 0 N–H and O–H groups in total. The van der Waals surface area contributed by atoms with E-state index in [0.717, 1.165) is 12.1 Å². The van der Waals surface area contributed by atoms with Gasteiger partial charge >= 0.3 is 12.1 Å². The highest BCUT2D eigenvalue weighted by molar-refractivity contribution is 5.86. The zero-order valence-corrected chi connectivity index (χ0v) is 21.5. The third-order valence-corrected chi connectivity index (χ3v) is 7.16. The number of rotatable bonds is 6. The molecular weight excluding hydrogens is 504 g/mol. The monoisotopic (exact) mass is 532 g/mol.